The number of aromatic amines is 1. The molecule has 0 amide bonds. The molecule has 2 nitrogen and oxygen atoms in total. The third-order valence-corrected chi connectivity index (χ3v) is 3.92. The summed E-state index contributed by atoms with van der Waals surface area (Å²) in [6.45, 7) is 1.77. The molecule has 92 valence electrons. The van der Waals surface area contributed by atoms with Gasteiger partial charge in [0.1, 0.15) is 0 Å². The Hall–Kier alpha value is -1.29. The second kappa shape index (κ2) is 5.14. The van der Waals surface area contributed by atoms with Gasteiger partial charge in [0, 0.05) is 35.2 Å². The molecule has 2 heterocycles. The molecule has 0 bridgehead atoms. The number of hydrogen-bond donors (Lipinski definition) is 2. The number of thiophene rings is 1. The zero-order valence-corrected chi connectivity index (χ0v) is 11.3. The van der Waals surface area contributed by atoms with E-state index in [2.05, 4.69) is 33.2 Å². The summed E-state index contributed by atoms with van der Waals surface area (Å²) in [6.07, 6.45) is 2.04. The van der Waals surface area contributed by atoms with Crippen LogP contribution in [0.15, 0.2) is 41.2 Å². The fourth-order valence-electron chi connectivity index (χ4n) is 2.04. The first-order valence-corrected chi connectivity index (χ1v) is 7.12. The highest BCUT2D eigenvalue weighted by molar-refractivity contribution is 7.07. The molecule has 3 aromatic rings. The van der Waals surface area contributed by atoms with Crippen molar-refractivity contribution in [2.24, 2.45) is 0 Å². The molecule has 0 unspecified atom stereocenters. The van der Waals surface area contributed by atoms with Crippen LogP contribution in [0.5, 0.6) is 0 Å². The highest BCUT2D eigenvalue weighted by atomic mass is 35.5. The molecule has 3 rings (SSSR count). The molecular weight excluding hydrogens is 264 g/mol. The fraction of sp³-hybridized carbons (Fsp3) is 0.143. The van der Waals surface area contributed by atoms with Crippen molar-refractivity contribution in [1.29, 1.82) is 0 Å². The highest BCUT2D eigenvalue weighted by Crippen LogP contribution is 2.21. The number of aromatic nitrogens is 1. The molecular formula is C14H13ClN2S. The monoisotopic (exact) mass is 276 g/mol. The standard InChI is InChI=1S/C14H13ClN2S/c15-12-1-2-13-11(8-17-14(13)5-12)7-16-6-10-3-4-18-9-10/h1-5,8-9,16-17H,6-7H2. The summed E-state index contributed by atoms with van der Waals surface area (Å²) in [7, 11) is 0. The molecule has 0 aliphatic heterocycles. The van der Waals surface area contributed by atoms with Gasteiger partial charge in [-0.2, -0.15) is 11.3 Å². The van der Waals surface area contributed by atoms with Gasteiger partial charge in [-0.05, 0) is 40.1 Å². The molecule has 0 aliphatic rings. The van der Waals surface area contributed by atoms with Crippen LogP contribution in [0.3, 0.4) is 0 Å². The van der Waals surface area contributed by atoms with E-state index in [0.29, 0.717) is 0 Å². The Balaban J connectivity index is 1.71. The van der Waals surface area contributed by atoms with Crippen LogP contribution in [0, 0.1) is 0 Å². The summed E-state index contributed by atoms with van der Waals surface area (Å²) in [6, 6.07) is 8.10. The van der Waals surface area contributed by atoms with Gasteiger partial charge >= 0.3 is 0 Å². The molecule has 2 N–H and O–H groups in total. The smallest absolute Gasteiger partial charge is 0.0472 e. The van der Waals surface area contributed by atoms with Crippen LogP contribution in [0.2, 0.25) is 5.02 Å². The lowest BCUT2D eigenvalue weighted by Gasteiger charge is -2.02. The van der Waals surface area contributed by atoms with Gasteiger partial charge in [-0.25, -0.2) is 0 Å². The van der Waals surface area contributed by atoms with E-state index in [1.165, 1.54) is 16.5 Å². The Bertz CT molecular complexity index is 643. The number of fused-ring (bicyclic) bond motifs is 1. The van der Waals surface area contributed by atoms with Gasteiger partial charge in [0.05, 0.1) is 0 Å². The molecule has 0 atom stereocenters. The number of benzene rings is 1. The first-order chi connectivity index (χ1) is 8.83. The van der Waals surface area contributed by atoms with Crippen molar-refractivity contribution in [3.63, 3.8) is 0 Å². The number of H-pyrrole nitrogens is 1. The minimum absolute atomic E-state index is 0.766. The van der Waals surface area contributed by atoms with Crippen molar-refractivity contribution < 1.29 is 0 Å². The van der Waals surface area contributed by atoms with Crippen LogP contribution in [0.1, 0.15) is 11.1 Å². The summed E-state index contributed by atoms with van der Waals surface area (Å²) in [5, 5.41) is 9.72. The maximum Gasteiger partial charge on any atom is 0.0472 e. The van der Waals surface area contributed by atoms with Gasteiger partial charge in [0.2, 0.25) is 0 Å². The van der Waals surface area contributed by atoms with Crippen molar-refractivity contribution in [1.82, 2.24) is 10.3 Å². The maximum absolute atomic E-state index is 5.97. The van der Waals surface area contributed by atoms with Crippen molar-refractivity contribution in [3.05, 3.63) is 57.4 Å². The zero-order valence-electron chi connectivity index (χ0n) is 9.74. The number of hydrogen-bond acceptors (Lipinski definition) is 2. The molecule has 0 spiro atoms. The third-order valence-electron chi connectivity index (χ3n) is 2.95. The molecule has 4 heteroatoms. The summed E-state index contributed by atoms with van der Waals surface area (Å²) >= 11 is 7.70. The van der Waals surface area contributed by atoms with Crippen molar-refractivity contribution in [2.75, 3.05) is 0 Å². The summed E-state index contributed by atoms with van der Waals surface area (Å²) in [5.74, 6) is 0. The Morgan fingerprint density at radius 2 is 2.17 bits per heavy atom. The van der Waals surface area contributed by atoms with E-state index in [-0.39, 0.29) is 0 Å². The molecule has 0 radical (unpaired) electrons. The van der Waals surface area contributed by atoms with Crippen molar-refractivity contribution >= 4 is 33.8 Å². The van der Waals surface area contributed by atoms with E-state index in [9.17, 15) is 0 Å². The average molecular weight is 277 g/mol. The van der Waals surface area contributed by atoms with Gasteiger partial charge in [-0.3, -0.25) is 0 Å². The molecule has 18 heavy (non-hydrogen) atoms. The highest BCUT2D eigenvalue weighted by Gasteiger charge is 2.03. The lowest BCUT2D eigenvalue weighted by atomic mass is 10.2. The van der Waals surface area contributed by atoms with Crippen LogP contribution >= 0.6 is 22.9 Å². The third kappa shape index (κ3) is 2.43. The van der Waals surface area contributed by atoms with E-state index in [0.717, 1.165) is 23.6 Å². The molecule has 0 saturated carbocycles. The molecule has 0 aliphatic carbocycles. The second-order valence-electron chi connectivity index (χ2n) is 4.24. The van der Waals surface area contributed by atoms with Crippen molar-refractivity contribution in [2.45, 2.75) is 13.1 Å². The van der Waals surface area contributed by atoms with Crippen LogP contribution < -0.4 is 5.32 Å². The second-order valence-corrected chi connectivity index (χ2v) is 5.46. The Kier molecular flexibility index (Phi) is 3.37. The molecule has 0 fully saturated rings. The first-order valence-electron chi connectivity index (χ1n) is 5.80. The minimum atomic E-state index is 0.766. The number of halogens is 1. The molecule has 2 aromatic heterocycles. The fourth-order valence-corrected chi connectivity index (χ4v) is 2.88. The Morgan fingerprint density at radius 3 is 3.00 bits per heavy atom. The van der Waals surface area contributed by atoms with Gasteiger partial charge in [-0.1, -0.05) is 17.7 Å². The normalized spacial score (nSPS) is 11.2. The topological polar surface area (TPSA) is 27.8 Å². The van der Waals surface area contributed by atoms with Crippen LogP contribution in [-0.4, -0.2) is 4.98 Å². The first kappa shape index (κ1) is 11.8. The predicted octanol–water partition coefficient (Wildman–Crippen LogP) is 4.17. The van der Waals surface area contributed by atoms with Gasteiger partial charge in [0.15, 0.2) is 0 Å². The maximum atomic E-state index is 5.97. The van der Waals surface area contributed by atoms with Crippen LogP contribution in [0.4, 0.5) is 0 Å². The Labute approximate surface area is 115 Å². The van der Waals surface area contributed by atoms with E-state index < -0.39 is 0 Å². The van der Waals surface area contributed by atoms with Crippen LogP contribution in [0.25, 0.3) is 10.9 Å². The van der Waals surface area contributed by atoms with Gasteiger partial charge in [-0.15, -0.1) is 0 Å². The minimum Gasteiger partial charge on any atom is -0.361 e. The lowest BCUT2D eigenvalue weighted by molar-refractivity contribution is 0.698. The quantitative estimate of drug-likeness (QED) is 0.735. The SMILES string of the molecule is Clc1ccc2c(CNCc3ccsc3)c[nH]c2c1. The van der Waals surface area contributed by atoms with E-state index in [1.54, 1.807) is 11.3 Å². The predicted molar refractivity (Wildman–Crippen MR) is 78.2 cm³/mol. The number of rotatable bonds is 4. The van der Waals surface area contributed by atoms with Crippen molar-refractivity contribution in [3.8, 4) is 0 Å². The van der Waals surface area contributed by atoms with Gasteiger partial charge < -0.3 is 10.3 Å². The lowest BCUT2D eigenvalue weighted by Crippen LogP contribution is -2.11. The summed E-state index contributed by atoms with van der Waals surface area (Å²) in [5.41, 5.74) is 3.70. The number of nitrogens with one attached hydrogen (secondary N) is 2. The Morgan fingerprint density at radius 1 is 1.22 bits per heavy atom. The van der Waals surface area contributed by atoms with E-state index >= 15 is 0 Å². The van der Waals surface area contributed by atoms with Crippen LogP contribution in [-0.2, 0) is 13.1 Å². The average Bonchev–Trinajstić information content (AvgIpc) is 2.99. The summed E-state index contributed by atoms with van der Waals surface area (Å²) < 4.78 is 0. The van der Waals surface area contributed by atoms with E-state index in [4.69, 9.17) is 11.6 Å². The van der Waals surface area contributed by atoms with Gasteiger partial charge in [0.25, 0.3) is 0 Å². The largest absolute Gasteiger partial charge is 0.361 e. The molecule has 0 saturated heterocycles. The summed E-state index contributed by atoms with van der Waals surface area (Å²) in [4.78, 5) is 3.25. The molecule has 1 aromatic carbocycles. The zero-order chi connectivity index (χ0) is 12.4. The van der Waals surface area contributed by atoms with E-state index in [1.807, 2.05) is 18.3 Å².